The van der Waals surface area contributed by atoms with E-state index in [9.17, 15) is 19.4 Å². The summed E-state index contributed by atoms with van der Waals surface area (Å²) in [5, 5.41) is 19.2. The van der Waals surface area contributed by atoms with Gasteiger partial charge in [-0.05, 0) is 46.9 Å². The average molecular weight is 444 g/mol. The van der Waals surface area contributed by atoms with Gasteiger partial charge in [-0.2, -0.15) is 0 Å². The molecule has 0 aromatic heterocycles. The van der Waals surface area contributed by atoms with Gasteiger partial charge < -0.3 is 24.4 Å². The van der Waals surface area contributed by atoms with E-state index in [0.717, 1.165) is 16.7 Å². The number of methoxy groups -OCH3 is 1. The Labute approximate surface area is 187 Å². The molecule has 0 amide bonds. The van der Waals surface area contributed by atoms with Crippen LogP contribution < -0.4 is 9.47 Å². The van der Waals surface area contributed by atoms with Crippen LogP contribution in [0, 0.1) is 5.82 Å². The topological polar surface area (TPSA) is 85.2 Å². The number of esters is 1. The summed E-state index contributed by atoms with van der Waals surface area (Å²) in [6.45, 7) is 4.02. The lowest BCUT2D eigenvalue weighted by Gasteiger charge is -2.25. The summed E-state index contributed by atoms with van der Waals surface area (Å²) in [7, 11) is 1.52. The van der Waals surface area contributed by atoms with Gasteiger partial charge in [-0.1, -0.05) is 32.1 Å². The van der Waals surface area contributed by atoms with E-state index < -0.39 is 18.2 Å². The van der Waals surface area contributed by atoms with Crippen molar-refractivity contribution in [3.8, 4) is 22.6 Å². The van der Waals surface area contributed by atoms with Gasteiger partial charge in [0.25, 0.3) is 0 Å². The van der Waals surface area contributed by atoms with Crippen LogP contribution in [-0.4, -0.2) is 48.7 Å². The van der Waals surface area contributed by atoms with Crippen LogP contribution in [0.15, 0.2) is 36.4 Å². The minimum absolute atomic E-state index is 0.00682. The molecule has 1 saturated heterocycles. The molecule has 1 fully saturated rings. The Balaban J connectivity index is 2.19. The molecule has 2 N–H and O–H groups in total. The summed E-state index contributed by atoms with van der Waals surface area (Å²) in [4.78, 5) is 11.7. The van der Waals surface area contributed by atoms with E-state index in [2.05, 4.69) is 0 Å². The van der Waals surface area contributed by atoms with E-state index in [1.165, 1.54) is 19.2 Å². The van der Waals surface area contributed by atoms with Crippen LogP contribution in [0.1, 0.15) is 43.7 Å². The third kappa shape index (κ3) is 5.47. The molecule has 172 valence electrons. The smallest absolute Gasteiger partial charge is 0.309 e. The highest BCUT2D eigenvalue weighted by Crippen LogP contribution is 2.45. The summed E-state index contributed by atoms with van der Waals surface area (Å²) >= 11 is 0. The molecule has 0 aliphatic carbocycles. The zero-order valence-electron chi connectivity index (χ0n) is 18.5. The molecule has 7 heteroatoms. The molecule has 0 unspecified atom stereocenters. The standard InChI is InChI=1S/C25H29FO6/c1-15(2)21-14-22(31-11-10-27)25(30-3)24(16-4-6-17(26)7-5-16)20(21)9-8-19-12-18(28)13-23(29)32-19/h4-9,14-15,18-19,27-28H,10-13H2,1-3H3/t18-,19-/m0/s1. The van der Waals surface area contributed by atoms with E-state index in [1.807, 2.05) is 26.0 Å². The lowest BCUT2D eigenvalue weighted by molar-refractivity contribution is -0.156. The van der Waals surface area contributed by atoms with Crippen molar-refractivity contribution >= 4 is 12.0 Å². The fraction of sp³-hybridized carbons (Fsp3) is 0.400. The average Bonchev–Trinajstić information content (AvgIpc) is 2.75. The van der Waals surface area contributed by atoms with Gasteiger partial charge in [-0.15, -0.1) is 0 Å². The number of ether oxygens (including phenoxy) is 3. The van der Waals surface area contributed by atoms with Gasteiger partial charge >= 0.3 is 5.97 Å². The molecular formula is C25H29FO6. The highest BCUT2D eigenvalue weighted by atomic mass is 19.1. The molecule has 1 aliphatic heterocycles. The number of hydrogen-bond donors (Lipinski definition) is 2. The monoisotopic (exact) mass is 444 g/mol. The number of carbonyl (C=O) groups excluding carboxylic acids is 1. The fourth-order valence-electron chi connectivity index (χ4n) is 3.83. The van der Waals surface area contributed by atoms with Crippen molar-refractivity contribution in [3.05, 3.63) is 53.4 Å². The van der Waals surface area contributed by atoms with Gasteiger partial charge in [0.1, 0.15) is 18.5 Å². The Morgan fingerprint density at radius 2 is 2.00 bits per heavy atom. The number of halogens is 1. The number of aliphatic hydroxyl groups excluding tert-OH is 2. The van der Waals surface area contributed by atoms with E-state index in [0.29, 0.717) is 23.5 Å². The molecule has 0 saturated carbocycles. The highest BCUT2D eigenvalue weighted by molar-refractivity contribution is 5.85. The Morgan fingerprint density at radius 1 is 1.28 bits per heavy atom. The second kappa shape index (κ2) is 10.6. The predicted octanol–water partition coefficient (Wildman–Crippen LogP) is 4.08. The van der Waals surface area contributed by atoms with Crippen LogP contribution in [-0.2, 0) is 9.53 Å². The zero-order valence-corrected chi connectivity index (χ0v) is 18.5. The van der Waals surface area contributed by atoms with Crippen molar-refractivity contribution in [2.45, 2.75) is 44.8 Å². The van der Waals surface area contributed by atoms with Crippen LogP contribution in [0.2, 0.25) is 0 Å². The van der Waals surface area contributed by atoms with Gasteiger partial charge in [-0.25, -0.2) is 4.39 Å². The number of hydrogen-bond acceptors (Lipinski definition) is 6. The third-order valence-corrected chi connectivity index (χ3v) is 5.29. The second-order valence-electron chi connectivity index (χ2n) is 8.00. The molecular weight excluding hydrogens is 415 g/mol. The number of cyclic esters (lactones) is 1. The Morgan fingerprint density at radius 3 is 2.59 bits per heavy atom. The molecule has 0 radical (unpaired) electrons. The molecule has 1 heterocycles. The first-order valence-corrected chi connectivity index (χ1v) is 10.6. The largest absolute Gasteiger partial charge is 0.492 e. The minimum Gasteiger partial charge on any atom is -0.492 e. The van der Waals surface area contributed by atoms with E-state index in [4.69, 9.17) is 14.2 Å². The summed E-state index contributed by atoms with van der Waals surface area (Å²) in [5.41, 5.74) is 3.18. The molecule has 1 aliphatic rings. The quantitative estimate of drug-likeness (QED) is 0.597. The lowest BCUT2D eigenvalue weighted by Crippen LogP contribution is -2.31. The van der Waals surface area contributed by atoms with Crippen molar-refractivity contribution in [3.63, 3.8) is 0 Å². The Bertz CT molecular complexity index is 967. The van der Waals surface area contributed by atoms with E-state index in [1.54, 1.807) is 18.2 Å². The summed E-state index contributed by atoms with van der Waals surface area (Å²) in [6, 6.07) is 7.94. The molecule has 2 aromatic carbocycles. The summed E-state index contributed by atoms with van der Waals surface area (Å²) < 4.78 is 30.4. The lowest BCUT2D eigenvalue weighted by atomic mass is 9.88. The maximum atomic E-state index is 13.6. The SMILES string of the molecule is COc1c(OCCO)cc(C(C)C)c(C=C[C@H]2C[C@H](O)CC(=O)O2)c1-c1ccc(F)cc1. The van der Waals surface area contributed by atoms with Crippen molar-refractivity contribution in [1.29, 1.82) is 0 Å². The third-order valence-electron chi connectivity index (χ3n) is 5.29. The van der Waals surface area contributed by atoms with Crippen molar-refractivity contribution in [2.75, 3.05) is 20.3 Å². The van der Waals surface area contributed by atoms with Crippen molar-refractivity contribution in [1.82, 2.24) is 0 Å². The van der Waals surface area contributed by atoms with Gasteiger partial charge in [0.2, 0.25) is 0 Å². The van der Waals surface area contributed by atoms with Crippen LogP contribution in [0.5, 0.6) is 11.5 Å². The second-order valence-corrected chi connectivity index (χ2v) is 8.00. The first-order valence-electron chi connectivity index (χ1n) is 10.6. The summed E-state index contributed by atoms with van der Waals surface area (Å²) in [5.74, 6) is 0.225. The van der Waals surface area contributed by atoms with Crippen LogP contribution in [0.3, 0.4) is 0 Å². The van der Waals surface area contributed by atoms with Gasteiger partial charge in [0.15, 0.2) is 11.5 Å². The van der Waals surface area contributed by atoms with Gasteiger partial charge in [0.05, 0.1) is 26.2 Å². The van der Waals surface area contributed by atoms with Gasteiger partial charge in [0, 0.05) is 12.0 Å². The van der Waals surface area contributed by atoms with Crippen LogP contribution >= 0.6 is 0 Å². The number of rotatable bonds is 8. The first-order chi connectivity index (χ1) is 15.3. The summed E-state index contributed by atoms with van der Waals surface area (Å²) in [6.07, 6.45) is 2.62. The maximum Gasteiger partial charge on any atom is 0.309 e. The van der Waals surface area contributed by atoms with Crippen molar-refractivity contribution in [2.24, 2.45) is 0 Å². The molecule has 0 spiro atoms. The van der Waals surface area contributed by atoms with E-state index in [-0.39, 0.29) is 31.4 Å². The van der Waals surface area contributed by atoms with Crippen molar-refractivity contribution < 1.29 is 33.6 Å². The molecule has 2 atom stereocenters. The van der Waals surface area contributed by atoms with E-state index >= 15 is 0 Å². The molecule has 32 heavy (non-hydrogen) atoms. The Kier molecular flexibility index (Phi) is 7.88. The highest BCUT2D eigenvalue weighted by Gasteiger charge is 2.26. The minimum atomic E-state index is -0.740. The van der Waals surface area contributed by atoms with Crippen LogP contribution in [0.25, 0.3) is 17.2 Å². The normalized spacial score (nSPS) is 18.8. The molecule has 6 nitrogen and oxygen atoms in total. The van der Waals surface area contributed by atoms with Crippen LogP contribution in [0.4, 0.5) is 4.39 Å². The number of benzene rings is 2. The molecule has 3 rings (SSSR count). The number of aliphatic hydroxyl groups is 2. The Hall–Kier alpha value is -2.90. The zero-order chi connectivity index (χ0) is 23.3. The molecule has 0 bridgehead atoms. The maximum absolute atomic E-state index is 13.6. The molecule has 2 aromatic rings. The predicted molar refractivity (Wildman–Crippen MR) is 119 cm³/mol. The number of carbonyl (C=O) groups is 1. The van der Waals surface area contributed by atoms with Gasteiger partial charge in [-0.3, -0.25) is 4.79 Å². The first kappa shape index (κ1) is 23.8. The fourth-order valence-corrected chi connectivity index (χ4v) is 3.83.